The molecular weight excluding hydrogens is 536 g/mol. The lowest BCUT2D eigenvalue weighted by Crippen LogP contribution is -2.47. The van der Waals surface area contributed by atoms with Crippen molar-refractivity contribution >= 4 is 22.8 Å². The van der Waals surface area contributed by atoms with Crippen molar-refractivity contribution in [1.82, 2.24) is 20.3 Å². The molecule has 0 bridgehead atoms. The van der Waals surface area contributed by atoms with E-state index in [0.29, 0.717) is 49.8 Å². The van der Waals surface area contributed by atoms with E-state index in [4.69, 9.17) is 9.82 Å². The average molecular weight is 577 g/mol. The maximum Gasteiger partial charge on any atom is 0.357 e. The van der Waals surface area contributed by atoms with Crippen molar-refractivity contribution in [3.8, 4) is 11.3 Å². The van der Waals surface area contributed by atoms with E-state index in [-0.39, 0.29) is 17.9 Å². The summed E-state index contributed by atoms with van der Waals surface area (Å²) in [6, 6.07) is 27.3. The van der Waals surface area contributed by atoms with Crippen LogP contribution < -0.4 is 5.32 Å². The number of carbonyl (C=O) groups is 2. The summed E-state index contributed by atoms with van der Waals surface area (Å²) in [5.41, 5.74) is 4.84. The Labute approximate surface area is 253 Å². The van der Waals surface area contributed by atoms with E-state index in [1.165, 1.54) is 32.1 Å². The molecule has 1 amide bonds. The van der Waals surface area contributed by atoms with Crippen LogP contribution in [-0.2, 0) is 11.4 Å². The molecule has 0 unspecified atom stereocenters. The van der Waals surface area contributed by atoms with Gasteiger partial charge >= 0.3 is 5.97 Å². The van der Waals surface area contributed by atoms with Crippen LogP contribution in [0.3, 0.4) is 0 Å². The van der Waals surface area contributed by atoms with E-state index >= 15 is 0 Å². The summed E-state index contributed by atoms with van der Waals surface area (Å²) in [5.74, 6) is 0.138. The molecule has 7 heteroatoms. The summed E-state index contributed by atoms with van der Waals surface area (Å²) in [6.07, 6.45) is 6.09. The smallest absolute Gasteiger partial charge is 0.357 e. The first-order valence-electron chi connectivity index (χ1n) is 15.6. The Morgan fingerprint density at radius 1 is 0.860 bits per heavy atom. The summed E-state index contributed by atoms with van der Waals surface area (Å²) in [7, 11) is 0. The fraction of sp³-hybridized carbons (Fsp3) is 0.361. The van der Waals surface area contributed by atoms with E-state index in [1.54, 1.807) is 17.2 Å². The standard InChI is InChI=1S/C36H40N4O3/c1-26(27-13-5-2-6-14-27)37-35(41)33-30-19-11-12-20-32(30)38-34(28-15-7-3-8-16-28)31(33)25-39-21-23-40(24-22-39)43-36(42)29-17-9-4-10-18-29/h3-4,7-12,15-20,26-27H,2,5-6,13-14,21-25H2,1H3,(H,37,41)/t26-/m0/s1. The van der Waals surface area contributed by atoms with E-state index in [0.717, 1.165) is 27.7 Å². The van der Waals surface area contributed by atoms with Gasteiger partial charge in [0.1, 0.15) is 0 Å². The second-order valence-electron chi connectivity index (χ2n) is 11.8. The molecule has 1 aliphatic heterocycles. The molecule has 43 heavy (non-hydrogen) atoms. The third kappa shape index (κ3) is 6.79. The Balaban J connectivity index is 1.28. The lowest BCUT2D eigenvalue weighted by atomic mass is 9.84. The number of piperazine rings is 1. The molecule has 1 aromatic heterocycles. The van der Waals surface area contributed by atoms with Crippen LogP contribution in [0.2, 0.25) is 0 Å². The maximum absolute atomic E-state index is 14.2. The van der Waals surface area contributed by atoms with Crippen LogP contribution in [0, 0.1) is 5.92 Å². The van der Waals surface area contributed by atoms with E-state index in [2.05, 4.69) is 29.3 Å². The predicted molar refractivity (Wildman–Crippen MR) is 169 cm³/mol. The van der Waals surface area contributed by atoms with Crippen LogP contribution in [0.1, 0.15) is 65.3 Å². The molecule has 2 fully saturated rings. The van der Waals surface area contributed by atoms with Gasteiger partial charge < -0.3 is 10.2 Å². The predicted octanol–water partition coefficient (Wildman–Crippen LogP) is 6.49. The highest BCUT2D eigenvalue weighted by Crippen LogP contribution is 2.33. The van der Waals surface area contributed by atoms with Crippen molar-refractivity contribution in [2.75, 3.05) is 26.2 Å². The molecule has 1 N–H and O–H groups in total. The average Bonchev–Trinajstić information content (AvgIpc) is 3.06. The zero-order valence-corrected chi connectivity index (χ0v) is 24.9. The zero-order chi connectivity index (χ0) is 29.6. The Kier molecular flexibility index (Phi) is 9.10. The summed E-state index contributed by atoms with van der Waals surface area (Å²) >= 11 is 0. The highest BCUT2D eigenvalue weighted by atomic mass is 16.7. The van der Waals surface area contributed by atoms with E-state index in [9.17, 15) is 9.59 Å². The first-order chi connectivity index (χ1) is 21.1. The third-order valence-corrected chi connectivity index (χ3v) is 8.92. The van der Waals surface area contributed by atoms with Crippen molar-refractivity contribution in [1.29, 1.82) is 0 Å². The largest absolute Gasteiger partial charge is 0.364 e. The number of aromatic nitrogens is 1. The molecule has 4 aromatic rings. The van der Waals surface area contributed by atoms with E-state index in [1.807, 2.05) is 60.7 Å². The molecule has 222 valence electrons. The monoisotopic (exact) mass is 576 g/mol. The highest BCUT2D eigenvalue weighted by Gasteiger charge is 2.28. The van der Waals surface area contributed by atoms with Crippen molar-refractivity contribution < 1.29 is 14.4 Å². The van der Waals surface area contributed by atoms with Crippen LogP contribution in [0.15, 0.2) is 84.9 Å². The fourth-order valence-electron chi connectivity index (χ4n) is 6.48. The van der Waals surface area contributed by atoms with Gasteiger partial charge in [0.05, 0.1) is 22.3 Å². The quantitative estimate of drug-likeness (QED) is 0.259. The number of amides is 1. The van der Waals surface area contributed by atoms with Gasteiger partial charge in [-0.15, -0.1) is 5.06 Å². The van der Waals surface area contributed by atoms with Gasteiger partial charge in [0, 0.05) is 55.3 Å². The van der Waals surface area contributed by atoms with Crippen molar-refractivity contribution in [3.63, 3.8) is 0 Å². The number of hydrogen-bond donors (Lipinski definition) is 1. The van der Waals surface area contributed by atoms with Gasteiger partial charge in [-0.3, -0.25) is 9.69 Å². The summed E-state index contributed by atoms with van der Waals surface area (Å²) in [4.78, 5) is 40.0. The Hall–Kier alpha value is -4.07. The molecule has 1 saturated heterocycles. The molecule has 2 aliphatic rings. The second kappa shape index (κ2) is 13.5. The minimum Gasteiger partial charge on any atom is -0.364 e. The molecule has 2 heterocycles. The Morgan fingerprint density at radius 2 is 1.51 bits per heavy atom. The molecule has 1 aliphatic carbocycles. The SMILES string of the molecule is C[C@H](NC(=O)c1c(CN2CCN(OC(=O)c3ccccc3)CC2)c(-c2ccccc2)nc2ccccc12)C1CCCCC1. The summed E-state index contributed by atoms with van der Waals surface area (Å²) < 4.78 is 0. The number of pyridine rings is 1. The number of hydroxylamine groups is 2. The Bertz CT molecular complexity index is 1550. The first-order valence-corrected chi connectivity index (χ1v) is 15.6. The first kappa shape index (κ1) is 29.0. The van der Waals surface area contributed by atoms with Crippen molar-refractivity contribution in [2.24, 2.45) is 5.92 Å². The van der Waals surface area contributed by atoms with E-state index < -0.39 is 0 Å². The minimum atomic E-state index is -0.342. The van der Waals surface area contributed by atoms with Gasteiger partial charge in [-0.2, -0.15) is 0 Å². The van der Waals surface area contributed by atoms with Gasteiger partial charge in [0.2, 0.25) is 0 Å². The number of nitrogens with one attached hydrogen (secondary N) is 1. The number of hydrogen-bond acceptors (Lipinski definition) is 6. The third-order valence-electron chi connectivity index (χ3n) is 8.92. The van der Waals surface area contributed by atoms with Gasteiger partial charge in [0.25, 0.3) is 5.91 Å². The van der Waals surface area contributed by atoms with Gasteiger partial charge in [-0.1, -0.05) is 86.0 Å². The topological polar surface area (TPSA) is 74.8 Å². The molecule has 0 spiro atoms. The second-order valence-corrected chi connectivity index (χ2v) is 11.8. The molecule has 3 aromatic carbocycles. The molecule has 6 rings (SSSR count). The number of benzene rings is 3. The zero-order valence-electron chi connectivity index (χ0n) is 24.9. The highest BCUT2D eigenvalue weighted by molar-refractivity contribution is 6.09. The lowest BCUT2D eigenvalue weighted by molar-refractivity contribution is -0.130. The summed E-state index contributed by atoms with van der Waals surface area (Å²) in [6.45, 7) is 5.29. The molecule has 0 radical (unpaired) electrons. The number of para-hydroxylation sites is 1. The molecule has 1 atom stereocenters. The number of rotatable bonds is 8. The lowest BCUT2D eigenvalue weighted by Gasteiger charge is -2.34. The van der Waals surface area contributed by atoms with Crippen LogP contribution in [0.5, 0.6) is 0 Å². The van der Waals surface area contributed by atoms with Crippen LogP contribution in [0.25, 0.3) is 22.2 Å². The Morgan fingerprint density at radius 3 is 2.23 bits per heavy atom. The van der Waals surface area contributed by atoms with Gasteiger partial charge in [-0.25, -0.2) is 9.78 Å². The normalized spacial score (nSPS) is 17.4. The molecule has 7 nitrogen and oxygen atoms in total. The number of nitrogens with zero attached hydrogens (tertiary/aromatic N) is 3. The van der Waals surface area contributed by atoms with Crippen LogP contribution >= 0.6 is 0 Å². The van der Waals surface area contributed by atoms with Crippen molar-refractivity contribution in [2.45, 2.75) is 51.6 Å². The minimum absolute atomic E-state index is 0.0284. The van der Waals surface area contributed by atoms with Gasteiger partial charge in [-0.05, 0) is 43.9 Å². The molecule has 1 saturated carbocycles. The van der Waals surface area contributed by atoms with Gasteiger partial charge in [0.15, 0.2) is 0 Å². The fourth-order valence-corrected chi connectivity index (χ4v) is 6.48. The maximum atomic E-state index is 14.2. The van der Waals surface area contributed by atoms with Crippen molar-refractivity contribution in [3.05, 3.63) is 102 Å². The number of fused-ring (bicyclic) bond motifs is 1. The molecular formula is C36H40N4O3. The summed E-state index contributed by atoms with van der Waals surface area (Å²) in [5, 5.41) is 6.02. The van der Waals surface area contributed by atoms with Crippen LogP contribution in [0.4, 0.5) is 0 Å². The van der Waals surface area contributed by atoms with Crippen LogP contribution in [-0.4, -0.2) is 59.0 Å². The number of carbonyl (C=O) groups excluding carboxylic acids is 2.